The third kappa shape index (κ3) is 7.03. The van der Waals surface area contributed by atoms with Crippen molar-refractivity contribution in [3.8, 4) is 0 Å². The molecule has 8 heteroatoms. The Labute approximate surface area is 218 Å². The van der Waals surface area contributed by atoms with E-state index in [1.807, 2.05) is 64.1 Å². The van der Waals surface area contributed by atoms with Gasteiger partial charge in [0.1, 0.15) is 34.4 Å². The van der Waals surface area contributed by atoms with Crippen LogP contribution in [0.1, 0.15) is 56.8 Å². The normalized spacial score (nSPS) is 12.4. The van der Waals surface area contributed by atoms with E-state index < -0.39 is 0 Å². The predicted molar refractivity (Wildman–Crippen MR) is 151 cm³/mol. The van der Waals surface area contributed by atoms with Crippen LogP contribution in [-0.4, -0.2) is 23.8 Å². The fraction of sp³-hybridized carbons (Fsp3) is 0.333. The number of rotatable bonds is 8. The molecule has 0 radical (unpaired) electrons. The van der Waals surface area contributed by atoms with Crippen molar-refractivity contribution in [3.05, 3.63) is 71.2 Å². The number of aryl methyl sites for hydroxylation is 2. The summed E-state index contributed by atoms with van der Waals surface area (Å²) in [7, 11) is 0. The minimum absolute atomic E-state index is 0. The lowest BCUT2D eigenvalue weighted by molar-refractivity contribution is 0.510. The number of hydrogen-bond donors (Lipinski definition) is 2. The van der Waals surface area contributed by atoms with Gasteiger partial charge in [-0.2, -0.15) is 0 Å². The van der Waals surface area contributed by atoms with E-state index in [4.69, 9.17) is 20.3 Å². The molecule has 0 aliphatic heterocycles. The third-order valence-electron chi connectivity index (χ3n) is 5.37. The number of nitrogens with two attached hydrogens (primary N) is 2. The van der Waals surface area contributed by atoms with E-state index in [0.29, 0.717) is 11.7 Å². The van der Waals surface area contributed by atoms with Crippen molar-refractivity contribution in [2.75, 3.05) is 0 Å². The Morgan fingerprint density at radius 1 is 0.686 bits per heavy atom. The first-order chi connectivity index (χ1) is 15.8. The van der Waals surface area contributed by atoms with Gasteiger partial charge in [0.15, 0.2) is 0 Å². The summed E-state index contributed by atoms with van der Waals surface area (Å²) >= 11 is 0. The summed E-state index contributed by atoms with van der Waals surface area (Å²) in [6.07, 6.45) is 2.58. The molecule has 4 N–H and O–H groups in total. The molecule has 4 aromatic rings. The topological polar surface area (TPSA) is 103 Å². The van der Waals surface area contributed by atoms with Crippen molar-refractivity contribution >= 4 is 58.4 Å². The zero-order chi connectivity index (χ0) is 23.5. The number of amidine groups is 2. The highest BCUT2D eigenvalue weighted by atomic mass is 35.5. The third-order valence-corrected chi connectivity index (χ3v) is 5.37. The van der Waals surface area contributed by atoms with Crippen LogP contribution in [0, 0.1) is 0 Å². The quantitative estimate of drug-likeness (QED) is 0.208. The molecule has 0 aliphatic carbocycles. The SMILES string of the molecule is CC(C)N=C(N)c1ccc2cc(CCCc3cc4ccc(C(N)=NC(C)C)cc4o3)oc2c1.Cl.Cl. The van der Waals surface area contributed by atoms with Gasteiger partial charge in [-0.1, -0.05) is 24.3 Å². The van der Waals surface area contributed by atoms with Crippen molar-refractivity contribution in [3.63, 3.8) is 0 Å². The molecule has 2 aromatic carbocycles. The Morgan fingerprint density at radius 2 is 1.09 bits per heavy atom. The molecule has 0 spiro atoms. The fourth-order valence-electron chi connectivity index (χ4n) is 3.88. The van der Waals surface area contributed by atoms with Gasteiger partial charge >= 0.3 is 0 Å². The molecule has 0 unspecified atom stereocenters. The van der Waals surface area contributed by atoms with Crippen LogP contribution in [0.2, 0.25) is 0 Å². The number of benzene rings is 2. The van der Waals surface area contributed by atoms with Crippen LogP contribution in [0.15, 0.2) is 67.4 Å². The monoisotopic (exact) mass is 516 g/mol. The van der Waals surface area contributed by atoms with Gasteiger partial charge in [-0.15, -0.1) is 24.8 Å². The molecule has 0 saturated heterocycles. The largest absolute Gasteiger partial charge is 0.461 e. The summed E-state index contributed by atoms with van der Waals surface area (Å²) in [5.74, 6) is 2.99. The summed E-state index contributed by atoms with van der Waals surface area (Å²) < 4.78 is 12.1. The smallest absolute Gasteiger partial charge is 0.135 e. The van der Waals surface area contributed by atoms with Gasteiger partial charge in [0.05, 0.1) is 0 Å². The minimum Gasteiger partial charge on any atom is -0.461 e. The van der Waals surface area contributed by atoms with Crippen LogP contribution >= 0.6 is 24.8 Å². The highest BCUT2D eigenvalue weighted by molar-refractivity contribution is 6.01. The molecule has 6 nitrogen and oxygen atoms in total. The van der Waals surface area contributed by atoms with E-state index >= 15 is 0 Å². The second kappa shape index (κ2) is 12.1. The van der Waals surface area contributed by atoms with Gasteiger partial charge < -0.3 is 20.3 Å². The summed E-state index contributed by atoms with van der Waals surface area (Å²) in [6, 6.07) is 16.5. The molecule has 0 atom stereocenters. The Hall–Kier alpha value is -2.96. The first-order valence-corrected chi connectivity index (χ1v) is 11.5. The van der Waals surface area contributed by atoms with Crippen LogP contribution < -0.4 is 11.5 Å². The number of halogens is 2. The van der Waals surface area contributed by atoms with Crippen molar-refractivity contribution in [1.82, 2.24) is 0 Å². The standard InChI is InChI=1S/C27H32N4O2.2ClH/c1-16(2)30-26(28)20-10-8-18-12-22(32-24(18)14-20)6-5-7-23-13-19-9-11-21(15-25(19)33-23)27(29)31-17(3)4;;/h8-17H,5-7H2,1-4H3,(H2,28,30)(H2,29,31);2*1H. The van der Waals surface area contributed by atoms with Crippen molar-refractivity contribution in [2.45, 2.75) is 59.0 Å². The van der Waals surface area contributed by atoms with Gasteiger partial charge in [-0.05, 0) is 58.4 Å². The zero-order valence-electron chi connectivity index (χ0n) is 20.6. The molecule has 0 amide bonds. The lowest BCUT2D eigenvalue weighted by Crippen LogP contribution is -2.15. The molecule has 2 aromatic heterocycles. The summed E-state index contributed by atoms with van der Waals surface area (Å²) in [4.78, 5) is 8.84. The van der Waals surface area contributed by atoms with Crippen LogP contribution in [0.4, 0.5) is 0 Å². The molecule has 188 valence electrons. The number of furan rings is 2. The Kier molecular flexibility index (Phi) is 9.81. The molecular weight excluding hydrogens is 483 g/mol. The lowest BCUT2D eigenvalue weighted by atomic mass is 10.1. The van der Waals surface area contributed by atoms with E-state index in [9.17, 15) is 0 Å². The predicted octanol–water partition coefficient (Wildman–Crippen LogP) is 6.43. The number of aliphatic imine (C=N–C) groups is 2. The summed E-state index contributed by atoms with van der Waals surface area (Å²) in [5, 5.41) is 2.14. The van der Waals surface area contributed by atoms with Gasteiger partial charge in [0.2, 0.25) is 0 Å². The molecule has 35 heavy (non-hydrogen) atoms. The van der Waals surface area contributed by atoms with Gasteiger partial charge in [0, 0.05) is 46.8 Å². The lowest BCUT2D eigenvalue weighted by Gasteiger charge is -2.03. The second-order valence-electron chi connectivity index (χ2n) is 9.00. The van der Waals surface area contributed by atoms with E-state index in [0.717, 1.165) is 63.8 Å². The van der Waals surface area contributed by atoms with E-state index in [2.05, 4.69) is 22.1 Å². The van der Waals surface area contributed by atoms with Crippen LogP contribution in [-0.2, 0) is 12.8 Å². The van der Waals surface area contributed by atoms with Gasteiger partial charge in [-0.3, -0.25) is 9.98 Å². The highest BCUT2D eigenvalue weighted by Gasteiger charge is 2.10. The molecule has 4 rings (SSSR count). The highest BCUT2D eigenvalue weighted by Crippen LogP contribution is 2.25. The van der Waals surface area contributed by atoms with Crippen LogP contribution in [0.3, 0.4) is 0 Å². The van der Waals surface area contributed by atoms with E-state index in [1.165, 1.54) is 0 Å². The Bertz CT molecular complexity index is 1230. The number of nitrogens with zero attached hydrogens (tertiary/aromatic N) is 2. The average Bonchev–Trinajstić information content (AvgIpc) is 3.34. The first-order valence-electron chi connectivity index (χ1n) is 11.5. The van der Waals surface area contributed by atoms with Crippen molar-refractivity contribution in [2.24, 2.45) is 21.5 Å². The molecule has 0 saturated carbocycles. The number of fused-ring (bicyclic) bond motifs is 2. The maximum atomic E-state index is 6.10. The molecule has 2 heterocycles. The van der Waals surface area contributed by atoms with Crippen LogP contribution in [0.25, 0.3) is 21.9 Å². The molecule has 0 fully saturated rings. The molecule has 0 aliphatic rings. The molecule has 0 bridgehead atoms. The Balaban J connectivity index is 0.00000216. The summed E-state index contributed by atoms with van der Waals surface area (Å²) in [6.45, 7) is 8.03. The van der Waals surface area contributed by atoms with Gasteiger partial charge in [-0.25, -0.2) is 0 Å². The molecular formula is C27H34Cl2N4O2. The number of hydrogen-bond acceptors (Lipinski definition) is 4. The van der Waals surface area contributed by atoms with Crippen molar-refractivity contribution < 1.29 is 8.83 Å². The summed E-state index contributed by atoms with van der Waals surface area (Å²) in [5.41, 5.74) is 15.6. The average molecular weight is 518 g/mol. The minimum atomic E-state index is 0. The van der Waals surface area contributed by atoms with E-state index in [1.54, 1.807) is 0 Å². The fourth-order valence-corrected chi connectivity index (χ4v) is 3.88. The first kappa shape index (κ1) is 28.3. The Morgan fingerprint density at radius 3 is 1.46 bits per heavy atom. The zero-order valence-corrected chi connectivity index (χ0v) is 22.2. The second-order valence-corrected chi connectivity index (χ2v) is 9.00. The maximum Gasteiger partial charge on any atom is 0.135 e. The maximum absolute atomic E-state index is 6.10. The van der Waals surface area contributed by atoms with Crippen molar-refractivity contribution in [1.29, 1.82) is 0 Å². The van der Waals surface area contributed by atoms with E-state index in [-0.39, 0.29) is 36.9 Å². The van der Waals surface area contributed by atoms with Crippen LogP contribution in [0.5, 0.6) is 0 Å². The van der Waals surface area contributed by atoms with Gasteiger partial charge in [0.25, 0.3) is 0 Å².